The van der Waals surface area contributed by atoms with Gasteiger partial charge in [0.25, 0.3) is 0 Å². The van der Waals surface area contributed by atoms with Crippen LogP contribution >= 0.6 is 11.8 Å². The molecule has 5 rings (SSSR count). The van der Waals surface area contributed by atoms with Crippen LogP contribution in [-0.2, 0) is 11.6 Å². The smallest absolute Gasteiger partial charge is 0.416 e. The molecule has 3 aliphatic rings. The number of fused-ring (bicyclic) bond motifs is 1. The predicted molar refractivity (Wildman–Crippen MR) is 128 cm³/mol. The van der Waals surface area contributed by atoms with Crippen molar-refractivity contribution in [3.8, 4) is 0 Å². The molecule has 9 heteroatoms. The number of aliphatic imine (C=N–C) groups is 1. The number of piperidine rings is 1. The van der Waals surface area contributed by atoms with E-state index in [1.807, 2.05) is 25.6 Å². The number of alkyl halides is 3. The zero-order valence-electron chi connectivity index (χ0n) is 20.1. The molecule has 0 radical (unpaired) electrons. The molecule has 34 heavy (non-hydrogen) atoms. The summed E-state index contributed by atoms with van der Waals surface area (Å²) in [6.45, 7) is 9.68. The lowest BCUT2D eigenvalue weighted by molar-refractivity contribution is -0.137. The van der Waals surface area contributed by atoms with Crippen LogP contribution in [0.2, 0.25) is 0 Å². The lowest BCUT2D eigenvalue weighted by Crippen LogP contribution is -2.42. The van der Waals surface area contributed by atoms with Crippen molar-refractivity contribution in [2.75, 3.05) is 39.0 Å². The molecule has 0 N–H and O–H groups in total. The molecule has 2 aliphatic heterocycles. The summed E-state index contributed by atoms with van der Waals surface area (Å²) >= 11 is 1.91. The van der Waals surface area contributed by atoms with E-state index in [1.54, 1.807) is 6.07 Å². The molecule has 1 aromatic heterocycles. The fraction of sp³-hybridized carbons (Fsp3) is 0.600. The van der Waals surface area contributed by atoms with Crippen molar-refractivity contribution in [2.45, 2.75) is 50.1 Å². The van der Waals surface area contributed by atoms with Gasteiger partial charge in [0, 0.05) is 25.6 Å². The van der Waals surface area contributed by atoms with Crippen LogP contribution in [0.15, 0.2) is 34.0 Å². The van der Waals surface area contributed by atoms with Crippen LogP contribution in [-0.4, -0.2) is 64.5 Å². The standard InChI is InChI=1S/C25H31F3N4OS/c1-16-10-18(25(26,27)28)6-7-20(16)24-11-19(24)12-32(14-24)8-5-9-34-23(3)13-29-22(31(23)4)21-17(2)30-15-33-21/h6-7,10,15,19H,5,8-9,11-14H2,1-4H3/t19-,23?,24-/m1/s1. The van der Waals surface area contributed by atoms with Crippen LogP contribution in [0.3, 0.4) is 0 Å². The fourth-order valence-electron chi connectivity index (χ4n) is 5.69. The molecule has 0 bridgehead atoms. The second-order valence-corrected chi connectivity index (χ2v) is 11.7. The van der Waals surface area contributed by atoms with Gasteiger partial charge in [-0.2, -0.15) is 13.2 Å². The molecule has 0 amide bonds. The number of amidine groups is 1. The summed E-state index contributed by atoms with van der Waals surface area (Å²) in [4.78, 5) is 13.5. The van der Waals surface area contributed by atoms with Gasteiger partial charge in [-0.25, -0.2) is 4.98 Å². The van der Waals surface area contributed by atoms with Crippen LogP contribution < -0.4 is 0 Å². The summed E-state index contributed by atoms with van der Waals surface area (Å²) < 4.78 is 44.7. The molecule has 2 aromatic rings. The minimum absolute atomic E-state index is 0.0523. The summed E-state index contributed by atoms with van der Waals surface area (Å²) in [5.41, 5.74) is 2.23. The maximum absolute atomic E-state index is 13.1. The Bertz CT molecular complexity index is 1120. The second kappa shape index (κ2) is 8.29. The summed E-state index contributed by atoms with van der Waals surface area (Å²) in [6, 6.07) is 4.29. The van der Waals surface area contributed by atoms with Gasteiger partial charge in [-0.3, -0.25) is 4.99 Å². The number of aromatic nitrogens is 1. The van der Waals surface area contributed by atoms with E-state index in [0.29, 0.717) is 12.5 Å². The first-order chi connectivity index (χ1) is 16.0. The highest BCUT2D eigenvalue weighted by Crippen LogP contribution is 2.59. The summed E-state index contributed by atoms with van der Waals surface area (Å²) in [5, 5.41) is 0. The highest BCUT2D eigenvalue weighted by atomic mass is 32.2. The van der Waals surface area contributed by atoms with Gasteiger partial charge in [0.05, 0.1) is 17.8 Å². The van der Waals surface area contributed by atoms with Crippen LogP contribution in [0.4, 0.5) is 13.2 Å². The Labute approximate surface area is 202 Å². The van der Waals surface area contributed by atoms with Crippen molar-refractivity contribution in [1.29, 1.82) is 0 Å². The molecule has 2 fully saturated rings. The molecule has 3 heterocycles. The predicted octanol–water partition coefficient (Wildman–Crippen LogP) is 5.12. The van der Waals surface area contributed by atoms with E-state index in [1.165, 1.54) is 18.5 Å². The van der Waals surface area contributed by atoms with Gasteiger partial charge < -0.3 is 14.2 Å². The molecule has 1 saturated carbocycles. The van der Waals surface area contributed by atoms with Crippen molar-refractivity contribution in [3.63, 3.8) is 0 Å². The van der Waals surface area contributed by atoms with E-state index in [0.717, 1.165) is 66.6 Å². The zero-order chi connectivity index (χ0) is 24.3. The number of oxazole rings is 1. The number of rotatable bonds is 7. The number of likely N-dealkylation sites (N-methyl/N-ethyl adjacent to an activating group) is 1. The van der Waals surface area contributed by atoms with Gasteiger partial charge >= 0.3 is 6.18 Å². The largest absolute Gasteiger partial charge is 0.440 e. The van der Waals surface area contributed by atoms with Crippen molar-refractivity contribution >= 4 is 17.6 Å². The first-order valence-corrected chi connectivity index (χ1v) is 12.8. The quantitative estimate of drug-likeness (QED) is 0.503. The van der Waals surface area contributed by atoms with Crippen LogP contribution in [0.1, 0.15) is 47.9 Å². The highest BCUT2D eigenvalue weighted by Gasteiger charge is 2.60. The van der Waals surface area contributed by atoms with Crippen molar-refractivity contribution in [2.24, 2.45) is 10.9 Å². The number of hydrogen-bond acceptors (Lipinski definition) is 6. The number of hydrogen-bond donors (Lipinski definition) is 0. The number of thioether (sulfide) groups is 1. The van der Waals surface area contributed by atoms with Gasteiger partial charge in [-0.1, -0.05) is 6.07 Å². The fourth-order valence-corrected chi connectivity index (χ4v) is 6.84. The maximum atomic E-state index is 13.1. The van der Waals surface area contributed by atoms with Gasteiger partial charge in [-0.15, -0.1) is 11.8 Å². The third-order valence-corrected chi connectivity index (χ3v) is 9.35. The number of benzene rings is 1. The third-order valence-electron chi connectivity index (χ3n) is 7.84. The first kappa shape index (κ1) is 23.7. The zero-order valence-corrected chi connectivity index (χ0v) is 20.9. The Morgan fingerprint density at radius 1 is 1.26 bits per heavy atom. The van der Waals surface area contributed by atoms with Crippen LogP contribution in [0.5, 0.6) is 0 Å². The van der Waals surface area contributed by atoms with Gasteiger partial charge in [0.2, 0.25) is 0 Å². The van der Waals surface area contributed by atoms with Crippen LogP contribution in [0.25, 0.3) is 0 Å². The molecule has 0 spiro atoms. The molecule has 184 valence electrons. The van der Waals surface area contributed by atoms with E-state index >= 15 is 0 Å². The summed E-state index contributed by atoms with van der Waals surface area (Å²) in [6.07, 6.45) is -0.662. The molecule has 5 nitrogen and oxygen atoms in total. The van der Waals surface area contributed by atoms with Crippen molar-refractivity contribution < 1.29 is 17.6 Å². The summed E-state index contributed by atoms with van der Waals surface area (Å²) in [5.74, 6) is 3.19. The van der Waals surface area contributed by atoms with E-state index in [4.69, 9.17) is 9.41 Å². The average molecular weight is 493 g/mol. The third kappa shape index (κ3) is 4.04. The number of aryl methyl sites for hydroxylation is 2. The first-order valence-electron chi connectivity index (χ1n) is 11.8. The Kier molecular flexibility index (Phi) is 5.79. The summed E-state index contributed by atoms with van der Waals surface area (Å²) in [7, 11) is 2.06. The maximum Gasteiger partial charge on any atom is 0.416 e. The number of nitrogens with zero attached hydrogens (tertiary/aromatic N) is 4. The lowest BCUT2D eigenvalue weighted by atomic mass is 9.90. The number of halogens is 3. The molecule has 1 aliphatic carbocycles. The lowest BCUT2D eigenvalue weighted by Gasteiger charge is -2.33. The monoisotopic (exact) mass is 492 g/mol. The Morgan fingerprint density at radius 2 is 2.06 bits per heavy atom. The molecular formula is C25H31F3N4OS. The van der Waals surface area contributed by atoms with Crippen molar-refractivity contribution in [3.05, 3.63) is 52.7 Å². The van der Waals surface area contributed by atoms with Crippen LogP contribution in [0, 0.1) is 19.8 Å². The van der Waals surface area contributed by atoms with Crippen molar-refractivity contribution in [1.82, 2.24) is 14.8 Å². The molecular weight excluding hydrogens is 461 g/mol. The van der Waals surface area contributed by atoms with E-state index in [9.17, 15) is 13.2 Å². The van der Waals surface area contributed by atoms with Gasteiger partial charge in [-0.05, 0) is 75.1 Å². The van der Waals surface area contributed by atoms with E-state index in [2.05, 4.69) is 28.8 Å². The van der Waals surface area contributed by atoms with Gasteiger partial charge in [0.1, 0.15) is 4.87 Å². The minimum Gasteiger partial charge on any atom is -0.440 e. The molecule has 1 unspecified atom stereocenters. The van der Waals surface area contributed by atoms with E-state index in [-0.39, 0.29) is 10.3 Å². The topological polar surface area (TPSA) is 44.9 Å². The second-order valence-electron chi connectivity index (χ2n) is 10.2. The highest BCUT2D eigenvalue weighted by molar-refractivity contribution is 8.00. The Hall–Kier alpha value is -2.00. The molecule has 1 saturated heterocycles. The van der Waals surface area contributed by atoms with Gasteiger partial charge in [0.15, 0.2) is 18.0 Å². The van der Waals surface area contributed by atoms with E-state index < -0.39 is 11.7 Å². The minimum atomic E-state index is -4.28. The molecule has 3 atom stereocenters. The molecule has 1 aromatic carbocycles. The number of likely N-dealkylation sites (tertiary alicyclic amines) is 1. The SMILES string of the molecule is Cc1cc(C(F)(F)F)ccc1[C@@]12C[C@@H]1CN(CCCSC1(C)CN=C(c3ocnc3C)N1C)C2. The normalized spacial score (nSPS) is 29.0. The Morgan fingerprint density at radius 3 is 2.74 bits per heavy atom. The average Bonchev–Trinajstić information content (AvgIpc) is 3.03. The Balaban J connectivity index is 1.13.